The first-order valence-electron chi connectivity index (χ1n) is 6.15. The van der Waals surface area contributed by atoms with E-state index in [1.54, 1.807) is 19.1 Å². The van der Waals surface area contributed by atoms with E-state index in [0.29, 0.717) is 22.8 Å². The number of nitrogens with two attached hydrogens (primary N) is 1. The van der Waals surface area contributed by atoms with Crippen LogP contribution in [-0.4, -0.2) is 10.8 Å². The van der Waals surface area contributed by atoms with Gasteiger partial charge < -0.3 is 10.5 Å². The van der Waals surface area contributed by atoms with Crippen molar-refractivity contribution >= 4 is 5.84 Å². The highest BCUT2D eigenvalue weighted by Gasteiger charge is 2.14. The highest BCUT2D eigenvalue weighted by Crippen LogP contribution is 2.30. The van der Waals surface area contributed by atoms with Crippen LogP contribution in [0.3, 0.4) is 0 Å². The molecule has 2 aromatic rings. The number of rotatable bonds is 3. The van der Waals surface area contributed by atoms with Gasteiger partial charge in [0.2, 0.25) is 0 Å². The number of hydrogen-bond donors (Lipinski definition) is 2. The van der Waals surface area contributed by atoms with Crippen LogP contribution in [0.4, 0.5) is 4.39 Å². The molecular weight excluding hydrogens is 257 g/mol. The van der Waals surface area contributed by atoms with Crippen LogP contribution in [0.2, 0.25) is 0 Å². The minimum atomic E-state index is -0.377. The van der Waals surface area contributed by atoms with Gasteiger partial charge in [-0.2, -0.15) is 0 Å². The van der Waals surface area contributed by atoms with E-state index < -0.39 is 0 Å². The van der Waals surface area contributed by atoms with Crippen LogP contribution < -0.4 is 10.5 Å². The molecule has 0 aliphatic rings. The lowest BCUT2D eigenvalue weighted by atomic mass is 10.1. The van der Waals surface area contributed by atoms with Gasteiger partial charge in [0, 0.05) is 17.8 Å². The Morgan fingerprint density at radius 2 is 1.90 bits per heavy atom. The van der Waals surface area contributed by atoms with Crippen molar-refractivity contribution in [3.05, 3.63) is 52.6 Å². The van der Waals surface area contributed by atoms with Gasteiger partial charge in [0.25, 0.3) is 0 Å². The Kier molecular flexibility index (Phi) is 3.70. The largest absolute Gasteiger partial charge is 0.456 e. The number of nitrogen functional groups attached to an aromatic ring is 1. The predicted octanol–water partition coefficient (Wildman–Crippen LogP) is 3.22. The highest BCUT2D eigenvalue weighted by molar-refractivity contribution is 5.98. The smallest absolute Gasteiger partial charge is 0.141 e. The maximum Gasteiger partial charge on any atom is 0.141 e. The number of benzene rings is 1. The molecule has 0 aliphatic heterocycles. The first-order chi connectivity index (χ1) is 9.38. The van der Waals surface area contributed by atoms with Gasteiger partial charge in [-0.15, -0.1) is 0 Å². The summed E-state index contributed by atoms with van der Waals surface area (Å²) in [5, 5.41) is 7.63. The molecule has 1 aromatic heterocycles. The topological polar surface area (TPSA) is 72.0 Å². The van der Waals surface area contributed by atoms with E-state index in [-0.39, 0.29) is 11.7 Å². The predicted molar refractivity (Wildman–Crippen MR) is 75.9 cm³/mol. The van der Waals surface area contributed by atoms with Crippen LogP contribution in [-0.2, 0) is 0 Å². The molecule has 0 aliphatic carbocycles. The molecular formula is C15H16FN3O. The van der Waals surface area contributed by atoms with Crippen molar-refractivity contribution in [3.8, 4) is 11.5 Å². The normalized spacial score (nSPS) is 10.4. The molecule has 5 heteroatoms. The average molecular weight is 273 g/mol. The summed E-state index contributed by atoms with van der Waals surface area (Å²) in [6.07, 6.45) is 0. The van der Waals surface area contributed by atoms with Gasteiger partial charge in [-0.1, -0.05) is 6.07 Å². The molecule has 0 bridgehead atoms. The van der Waals surface area contributed by atoms with E-state index in [0.717, 1.165) is 11.3 Å². The number of amidine groups is 1. The molecule has 1 heterocycles. The summed E-state index contributed by atoms with van der Waals surface area (Å²) < 4.78 is 19.1. The van der Waals surface area contributed by atoms with Crippen molar-refractivity contribution in [3.63, 3.8) is 0 Å². The van der Waals surface area contributed by atoms with Crippen LogP contribution in [0, 0.1) is 32.0 Å². The Morgan fingerprint density at radius 1 is 1.20 bits per heavy atom. The summed E-state index contributed by atoms with van der Waals surface area (Å²) in [6, 6.07) is 6.01. The molecule has 0 spiro atoms. The Morgan fingerprint density at radius 3 is 2.55 bits per heavy atom. The third-order valence-corrected chi connectivity index (χ3v) is 2.93. The summed E-state index contributed by atoms with van der Waals surface area (Å²) in [5.41, 5.74) is 8.16. The lowest BCUT2D eigenvalue weighted by molar-refractivity contribution is 0.470. The Hall–Kier alpha value is -2.43. The average Bonchev–Trinajstić information content (AvgIpc) is 2.32. The van der Waals surface area contributed by atoms with Gasteiger partial charge in [0.1, 0.15) is 23.2 Å². The summed E-state index contributed by atoms with van der Waals surface area (Å²) in [5.74, 6) is 0.310. The molecule has 0 atom stereocenters. The summed E-state index contributed by atoms with van der Waals surface area (Å²) in [4.78, 5) is 4.26. The van der Waals surface area contributed by atoms with Crippen LogP contribution in [0.15, 0.2) is 24.3 Å². The number of pyridine rings is 1. The second-order valence-electron chi connectivity index (χ2n) is 4.65. The van der Waals surface area contributed by atoms with Gasteiger partial charge >= 0.3 is 0 Å². The van der Waals surface area contributed by atoms with Crippen LogP contribution in [0.25, 0.3) is 0 Å². The lowest BCUT2D eigenvalue weighted by Crippen LogP contribution is -2.15. The molecule has 2 rings (SSSR count). The number of halogens is 1. The second-order valence-corrected chi connectivity index (χ2v) is 4.65. The van der Waals surface area contributed by atoms with Crippen molar-refractivity contribution in [1.29, 1.82) is 5.41 Å². The van der Waals surface area contributed by atoms with Gasteiger partial charge in [0.05, 0.1) is 11.3 Å². The Balaban J connectivity index is 2.53. The van der Waals surface area contributed by atoms with Gasteiger partial charge in [-0.25, -0.2) is 4.39 Å². The highest BCUT2D eigenvalue weighted by atomic mass is 19.1. The second kappa shape index (κ2) is 5.28. The number of nitrogens with zero attached hydrogens (tertiary/aromatic N) is 1. The maximum atomic E-state index is 13.3. The van der Waals surface area contributed by atoms with Crippen molar-refractivity contribution in [2.24, 2.45) is 5.73 Å². The van der Waals surface area contributed by atoms with Crippen LogP contribution >= 0.6 is 0 Å². The van der Waals surface area contributed by atoms with E-state index in [9.17, 15) is 4.39 Å². The van der Waals surface area contributed by atoms with Crippen LogP contribution in [0.1, 0.15) is 22.5 Å². The van der Waals surface area contributed by atoms with Gasteiger partial charge in [-0.05, 0) is 32.4 Å². The molecule has 0 radical (unpaired) electrons. The fraction of sp³-hybridized carbons (Fsp3) is 0.200. The van der Waals surface area contributed by atoms with E-state index in [1.165, 1.54) is 12.1 Å². The van der Waals surface area contributed by atoms with E-state index in [4.69, 9.17) is 15.9 Å². The Labute approximate surface area is 116 Å². The van der Waals surface area contributed by atoms with Crippen molar-refractivity contribution < 1.29 is 9.13 Å². The molecule has 0 amide bonds. The van der Waals surface area contributed by atoms with Crippen molar-refractivity contribution in [2.75, 3.05) is 0 Å². The number of aryl methyl sites for hydroxylation is 3. The monoisotopic (exact) mass is 273 g/mol. The minimum absolute atomic E-state index is 0.126. The third kappa shape index (κ3) is 2.77. The molecule has 4 nitrogen and oxygen atoms in total. The third-order valence-electron chi connectivity index (χ3n) is 2.93. The molecule has 3 N–H and O–H groups in total. The minimum Gasteiger partial charge on any atom is -0.456 e. The number of ether oxygens (including phenoxy) is 1. The zero-order valence-corrected chi connectivity index (χ0v) is 11.6. The molecule has 0 unspecified atom stereocenters. The summed E-state index contributed by atoms with van der Waals surface area (Å²) in [7, 11) is 0. The zero-order valence-electron chi connectivity index (χ0n) is 11.6. The van der Waals surface area contributed by atoms with Crippen LogP contribution in [0.5, 0.6) is 11.5 Å². The summed E-state index contributed by atoms with van der Waals surface area (Å²) in [6.45, 7) is 5.40. The summed E-state index contributed by atoms with van der Waals surface area (Å²) >= 11 is 0. The van der Waals surface area contributed by atoms with E-state index in [1.807, 2.05) is 13.8 Å². The number of aromatic nitrogens is 1. The molecule has 0 saturated heterocycles. The maximum absolute atomic E-state index is 13.3. The fourth-order valence-corrected chi connectivity index (χ4v) is 2.00. The molecule has 20 heavy (non-hydrogen) atoms. The number of hydrogen-bond acceptors (Lipinski definition) is 3. The molecule has 104 valence electrons. The molecule has 1 aromatic carbocycles. The zero-order chi connectivity index (χ0) is 14.9. The van der Waals surface area contributed by atoms with Gasteiger partial charge in [-0.3, -0.25) is 10.4 Å². The first-order valence-corrected chi connectivity index (χ1v) is 6.15. The molecule has 0 saturated carbocycles. The van der Waals surface area contributed by atoms with Crippen molar-refractivity contribution in [2.45, 2.75) is 20.8 Å². The van der Waals surface area contributed by atoms with Crippen molar-refractivity contribution in [1.82, 2.24) is 4.98 Å². The first kappa shape index (κ1) is 14.0. The quantitative estimate of drug-likeness (QED) is 0.666. The van der Waals surface area contributed by atoms with E-state index in [2.05, 4.69) is 4.98 Å². The standard InChI is InChI=1S/C15H16FN3O/c1-8-4-5-11(16)7-12(8)20-13-6-9(2)19-10(3)14(13)15(17)18/h4-7H,1-3H3,(H3,17,18). The fourth-order valence-electron chi connectivity index (χ4n) is 2.00. The number of nitrogens with one attached hydrogen (secondary N) is 1. The van der Waals surface area contributed by atoms with E-state index >= 15 is 0 Å². The van der Waals surface area contributed by atoms with Gasteiger partial charge in [0.15, 0.2) is 0 Å². The molecule has 0 fully saturated rings. The lowest BCUT2D eigenvalue weighted by Gasteiger charge is -2.14. The SMILES string of the molecule is Cc1cc(Oc2cc(F)ccc2C)c(C(=N)N)c(C)n1. The Bertz CT molecular complexity index is 683.